The van der Waals surface area contributed by atoms with Gasteiger partial charge in [0.05, 0.1) is 0 Å². The molecule has 0 radical (unpaired) electrons. The molecule has 0 amide bonds. The van der Waals surface area contributed by atoms with Gasteiger partial charge in [-0.05, 0) is 5.56 Å². The maximum atomic E-state index is 11.2. The molecule has 0 aromatic heterocycles. The lowest BCUT2D eigenvalue weighted by molar-refractivity contribution is -0.145. The van der Waals surface area contributed by atoms with E-state index in [1.807, 2.05) is 44.2 Å². The molecule has 0 saturated heterocycles. The van der Waals surface area contributed by atoms with Crippen molar-refractivity contribution >= 4 is 11.8 Å². The standard InChI is InChI=1S/C11H12O3.C2H6/c1-9(12)14-8-11(13)7-10-5-3-2-4-6-10;1-2/h2-6H,7-8H2,1H3;1-2H3. The number of esters is 1. The Labute approximate surface area is 96.4 Å². The molecule has 16 heavy (non-hydrogen) atoms. The van der Waals surface area contributed by atoms with Crippen LogP contribution in [0.3, 0.4) is 0 Å². The van der Waals surface area contributed by atoms with Gasteiger partial charge in [0.15, 0.2) is 5.78 Å². The second-order valence-corrected chi connectivity index (χ2v) is 2.98. The summed E-state index contributed by atoms with van der Waals surface area (Å²) in [5, 5.41) is 0. The van der Waals surface area contributed by atoms with E-state index in [-0.39, 0.29) is 12.4 Å². The van der Waals surface area contributed by atoms with Crippen LogP contribution < -0.4 is 0 Å². The summed E-state index contributed by atoms with van der Waals surface area (Å²) in [5.41, 5.74) is 0.935. The molecule has 88 valence electrons. The first-order chi connectivity index (χ1) is 7.68. The van der Waals surface area contributed by atoms with Crippen molar-refractivity contribution in [1.82, 2.24) is 0 Å². The molecular weight excluding hydrogens is 204 g/mol. The van der Waals surface area contributed by atoms with E-state index in [1.165, 1.54) is 6.92 Å². The number of hydrogen-bond acceptors (Lipinski definition) is 3. The summed E-state index contributed by atoms with van der Waals surface area (Å²) in [6.45, 7) is 5.15. The summed E-state index contributed by atoms with van der Waals surface area (Å²) in [5.74, 6) is -0.516. The third-order valence-corrected chi connectivity index (χ3v) is 1.68. The molecule has 0 spiro atoms. The van der Waals surface area contributed by atoms with Crippen molar-refractivity contribution in [2.45, 2.75) is 27.2 Å². The van der Waals surface area contributed by atoms with Gasteiger partial charge >= 0.3 is 5.97 Å². The Morgan fingerprint density at radius 3 is 2.19 bits per heavy atom. The third-order valence-electron chi connectivity index (χ3n) is 1.68. The fourth-order valence-electron chi connectivity index (χ4n) is 1.06. The van der Waals surface area contributed by atoms with E-state index in [1.54, 1.807) is 0 Å². The zero-order valence-corrected chi connectivity index (χ0v) is 10.0. The minimum Gasteiger partial charge on any atom is -0.458 e. The van der Waals surface area contributed by atoms with Gasteiger partial charge in [-0.3, -0.25) is 9.59 Å². The van der Waals surface area contributed by atoms with Crippen molar-refractivity contribution in [3.05, 3.63) is 35.9 Å². The number of benzene rings is 1. The van der Waals surface area contributed by atoms with Gasteiger partial charge in [-0.25, -0.2) is 0 Å². The number of carbonyl (C=O) groups is 2. The number of carbonyl (C=O) groups excluding carboxylic acids is 2. The average Bonchev–Trinajstić information content (AvgIpc) is 2.30. The highest BCUT2D eigenvalue weighted by Gasteiger charge is 2.04. The Morgan fingerprint density at radius 2 is 1.69 bits per heavy atom. The Bertz CT molecular complexity index is 317. The van der Waals surface area contributed by atoms with Crippen LogP contribution in [0.15, 0.2) is 30.3 Å². The third kappa shape index (κ3) is 6.76. The average molecular weight is 222 g/mol. The maximum Gasteiger partial charge on any atom is 0.303 e. The quantitative estimate of drug-likeness (QED) is 0.735. The van der Waals surface area contributed by atoms with Gasteiger partial charge < -0.3 is 4.74 Å². The second kappa shape index (κ2) is 8.65. The zero-order chi connectivity index (χ0) is 12.4. The zero-order valence-electron chi connectivity index (χ0n) is 10.0. The SMILES string of the molecule is CC.CC(=O)OCC(=O)Cc1ccccc1. The molecular formula is C13H18O3. The van der Waals surface area contributed by atoms with Gasteiger partial charge in [0.2, 0.25) is 0 Å². The van der Waals surface area contributed by atoms with E-state index >= 15 is 0 Å². The van der Waals surface area contributed by atoms with E-state index < -0.39 is 5.97 Å². The van der Waals surface area contributed by atoms with E-state index in [4.69, 9.17) is 0 Å². The molecule has 3 heteroatoms. The molecule has 0 fully saturated rings. The predicted octanol–water partition coefficient (Wildman–Crippen LogP) is 2.39. The van der Waals surface area contributed by atoms with Crippen LogP contribution in [0.25, 0.3) is 0 Å². The summed E-state index contributed by atoms with van der Waals surface area (Å²) < 4.78 is 4.59. The molecule has 1 aromatic rings. The molecule has 1 rings (SSSR count). The van der Waals surface area contributed by atoms with Crippen molar-refractivity contribution in [1.29, 1.82) is 0 Å². The fourth-order valence-corrected chi connectivity index (χ4v) is 1.06. The summed E-state index contributed by atoms with van der Waals surface area (Å²) in [4.78, 5) is 21.7. The number of Topliss-reactive ketones (excluding diaryl/α,β-unsaturated/α-hetero) is 1. The van der Waals surface area contributed by atoms with Gasteiger partial charge in [0, 0.05) is 13.3 Å². The van der Waals surface area contributed by atoms with E-state index in [2.05, 4.69) is 4.74 Å². The first-order valence-corrected chi connectivity index (χ1v) is 5.37. The summed E-state index contributed by atoms with van der Waals surface area (Å²) in [6, 6.07) is 9.36. The van der Waals surface area contributed by atoms with E-state index in [9.17, 15) is 9.59 Å². The molecule has 0 saturated carbocycles. The largest absolute Gasteiger partial charge is 0.458 e. The highest BCUT2D eigenvalue weighted by molar-refractivity contribution is 5.83. The van der Waals surface area contributed by atoms with Crippen molar-refractivity contribution in [2.75, 3.05) is 6.61 Å². The van der Waals surface area contributed by atoms with Gasteiger partial charge in [-0.1, -0.05) is 44.2 Å². The lowest BCUT2D eigenvalue weighted by atomic mass is 10.1. The Kier molecular flexibility index (Phi) is 7.76. The van der Waals surface area contributed by atoms with Crippen molar-refractivity contribution in [3.63, 3.8) is 0 Å². The number of hydrogen-bond donors (Lipinski definition) is 0. The molecule has 0 N–H and O–H groups in total. The molecule has 0 aliphatic rings. The van der Waals surface area contributed by atoms with Crippen LogP contribution in [0.1, 0.15) is 26.3 Å². The van der Waals surface area contributed by atoms with E-state index in [0.29, 0.717) is 6.42 Å². The van der Waals surface area contributed by atoms with Crippen LogP contribution in [-0.2, 0) is 20.7 Å². The number of ketones is 1. The maximum absolute atomic E-state index is 11.2. The minimum atomic E-state index is -0.425. The van der Waals surface area contributed by atoms with Crippen molar-refractivity contribution in [3.8, 4) is 0 Å². The fraction of sp³-hybridized carbons (Fsp3) is 0.385. The monoisotopic (exact) mass is 222 g/mol. The second-order valence-electron chi connectivity index (χ2n) is 2.98. The molecule has 0 aliphatic carbocycles. The molecule has 0 heterocycles. The van der Waals surface area contributed by atoms with Gasteiger partial charge in [0.25, 0.3) is 0 Å². The minimum absolute atomic E-state index is 0.0913. The van der Waals surface area contributed by atoms with Gasteiger partial charge in [-0.2, -0.15) is 0 Å². The van der Waals surface area contributed by atoms with Crippen LogP contribution in [0.4, 0.5) is 0 Å². The number of ether oxygens (including phenoxy) is 1. The number of rotatable bonds is 4. The molecule has 1 aromatic carbocycles. The smallest absolute Gasteiger partial charge is 0.303 e. The molecule has 3 nitrogen and oxygen atoms in total. The molecule has 0 atom stereocenters. The van der Waals surface area contributed by atoms with E-state index in [0.717, 1.165) is 5.56 Å². The Morgan fingerprint density at radius 1 is 1.12 bits per heavy atom. The topological polar surface area (TPSA) is 43.4 Å². The Hall–Kier alpha value is -1.64. The molecule has 0 bridgehead atoms. The van der Waals surface area contributed by atoms with Crippen molar-refractivity contribution < 1.29 is 14.3 Å². The van der Waals surface area contributed by atoms with Crippen LogP contribution in [0, 0.1) is 0 Å². The first-order valence-electron chi connectivity index (χ1n) is 5.37. The van der Waals surface area contributed by atoms with Crippen LogP contribution in [0.5, 0.6) is 0 Å². The summed E-state index contributed by atoms with van der Waals surface area (Å²) in [6.07, 6.45) is 0.314. The Balaban J connectivity index is 0.00000106. The first kappa shape index (κ1) is 14.4. The van der Waals surface area contributed by atoms with Gasteiger partial charge in [0.1, 0.15) is 6.61 Å². The van der Waals surface area contributed by atoms with Crippen LogP contribution in [-0.4, -0.2) is 18.4 Å². The van der Waals surface area contributed by atoms with Crippen LogP contribution >= 0.6 is 0 Å². The van der Waals surface area contributed by atoms with Crippen molar-refractivity contribution in [2.24, 2.45) is 0 Å². The highest BCUT2D eigenvalue weighted by atomic mass is 16.5. The molecule has 0 unspecified atom stereocenters. The summed E-state index contributed by atoms with van der Waals surface area (Å²) >= 11 is 0. The molecule has 0 aliphatic heterocycles. The van der Waals surface area contributed by atoms with Gasteiger partial charge in [-0.15, -0.1) is 0 Å². The predicted molar refractivity (Wildman–Crippen MR) is 63.1 cm³/mol. The van der Waals surface area contributed by atoms with Crippen LogP contribution in [0.2, 0.25) is 0 Å². The lowest BCUT2D eigenvalue weighted by Crippen LogP contribution is -2.13. The highest BCUT2D eigenvalue weighted by Crippen LogP contribution is 2.00. The lowest BCUT2D eigenvalue weighted by Gasteiger charge is -2.01. The summed E-state index contributed by atoms with van der Waals surface area (Å²) in [7, 11) is 0. The normalized spacial score (nSPS) is 8.69.